The van der Waals surface area contributed by atoms with E-state index in [2.05, 4.69) is 0 Å². The summed E-state index contributed by atoms with van der Waals surface area (Å²) >= 11 is 0. The maximum atomic E-state index is 8.00. The normalized spacial score (nSPS) is 5.50. The van der Waals surface area contributed by atoms with E-state index in [4.69, 9.17) is 20.3 Å². The molecule has 0 atom stereocenters. The van der Waals surface area contributed by atoms with Crippen LogP contribution in [-0.4, -0.2) is 22.4 Å². The van der Waals surface area contributed by atoms with Crippen LogP contribution in [0.25, 0.3) is 0 Å². The van der Waals surface area contributed by atoms with E-state index >= 15 is 0 Å². The summed E-state index contributed by atoms with van der Waals surface area (Å²) in [6.45, 7) is 0. The maximum absolute atomic E-state index is 8.00. The van der Waals surface area contributed by atoms with Gasteiger partial charge in [-0.1, -0.05) is 0 Å². The quantitative estimate of drug-likeness (QED) is 0.186. The van der Waals surface area contributed by atoms with Gasteiger partial charge < -0.3 is 26.2 Å². The molecule has 6 heavy (non-hydrogen) atoms. The minimum atomic E-state index is -2.17. The van der Waals surface area contributed by atoms with Crippen molar-refractivity contribution in [3.63, 3.8) is 0 Å². The number of rotatable bonds is 0. The van der Waals surface area contributed by atoms with Crippen molar-refractivity contribution in [2.45, 2.75) is 0 Å². The Morgan fingerprint density at radius 3 is 1.17 bits per heavy atom. The fraction of sp³-hybridized carbons (Fsp3) is 0. The largest absolute Gasteiger partial charge is 0.637 e. The van der Waals surface area contributed by atoms with Crippen LogP contribution >= 0.6 is 0 Å². The summed E-state index contributed by atoms with van der Waals surface area (Å²) in [6, 6.07) is 0. The molecule has 0 spiro atoms. The molecule has 0 unspecified atom stereocenters. The van der Waals surface area contributed by atoms with Crippen molar-refractivity contribution in [2.24, 2.45) is 0 Å². The summed E-state index contributed by atoms with van der Waals surface area (Å²) in [7, 11) is -2.17. The molecule has 0 aliphatic heterocycles. The molecule has 6 heteroatoms. The Kier molecular flexibility index (Phi) is 13.7. The third kappa shape index (κ3) is 1740. The predicted molar refractivity (Wildman–Crippen MR) is 18.7 cm³/mol. The van der Waals surface area contributed by atoms with E-state index in [0.29, 0.717) is 0 Å². The molecule has 0 aliphatic rings. The smallest absolute Gasteiger partial charge is 0.631 e. The standard InChI is InChI=1S/BH3O3.H3NO/c2-1(3)4;1-2/h2-4H;1H3. The fourth-order valence-electron chi connectivity index (χ4n) is 0. The molecule has 38 valence electrons. The van der Waals surface area contributed by atoms with Gasteiger partial charge in [-0.2, -0.15) is 0 Å². The molecule has 0 aliphatic carbocycles. The first-order chi connectivity index (χ1) is 2.73. The number of hydrogen-bond donors (Lipinski definition) is 4. The second-order valence-corrected chi connectivity index (χ2v) is 0.346. The number of quaternary nitrogens is 1. The molecule has 0 rings (SSSR count). The van der Waals surface area contributed by atoms with E-state index in [9.17, 15) is 0 Å². The first kappa shape index (κ1) is 9.29. The van der Waals surface area contributed by atoms with Gasteiger partial charge in [0.2, 0.25) is 0 Å². The summed E-state index contributed by atoms with van der Waals surface area (Å²) in [5.41, 5.74) is 0. The van der Waals surface area contributed by atoms with E-state index in [1.807, 2.05) is 5.90 Å². The lowest BCUT2D eigenvalue weighted by molar-refractivity contribution is -0.275. The van der Waals surface area contributed by atoms with Crippen molar-refractivity contribution in [2.75, 3.05) is 0 Å². The third-order valence-corrected chi connectivity index (χ3v) is 0. The second-order valence-electron chi connectivity index (χ2n) is 0.346. The van der Waals surface area contributed by atoms with Crippen molar-refractivity contribution in [3.8, 4) is 0 Å². The van der Waals surface area contributed by atoms with Crippen LogP contribution in [0, 0.1) is 5.21 Å². The van der Waals surface area contributed by atoms with Crippen molar-refractivity contribution < 1.29 is 21.0 Å². The van der Waals surface area contributed by atoms with E-state index in [1.54, 1.807) is 0 Å². The molecule has 0 heterocycles. The summed E-state index contributed by atoms with van der Waals surface area (Å²) in [5.74, 6) is 2.00. The van der Waals surface area contributed by atoms with Gasteiger partial charge in [0.25, 0.3) is 0 Å². The zero-order valence-electron chi connectivity index (χ0n) is 3.03. The van der Waals surface area contributed by atoms with Crippen LogP contribution in [0.3, 0.4) is 0 Å². The van der Waals surface area contributed by atoms with Crippen LogP contribution in [0.4, 0.5) is 0 Å². The summed E-state index contributed by atoms with van der Waals surface area (Å²) < 4.78 is 0. The molecule has 0 aromatic heterocycles. The molecule has 0 fully saturated rings. The SMILES string of the molecule is OB(O)O.[NH3+][O-]. The summed E-state index contributed by atoms with van der Waals surface area (Å²) in [5, 5.41) is 29.5. The minimum absolute atomic E-state index is 2.00. The van der Waals surface area contributed by atoms with Crippen molar-refractivity contribution >= 4 is 7.32 Å². The molecule has 6 N–H and O–H groups in total. The predicted octanol–water partition coefficient (Wildman–Crippen LogP) is -3.33. The van der Waals surface area contributed by atoms with E-state index < -0.39 is 7.32 Å². The van der Waals surface area contributed by atoms with E-state index in [0.717, 1.165) is 0 Å². The highest BCUT2D eigenvalue weighted by Crippen LogP contribution is 1.40. The van der Waals surface area contributed by atoms with Crippen molar-refractivity contribution in [1.82, 2.24) is 0 Å². The lowest BCUT2D eigenvalue weighted by Crippen LogP contribution is -2.37. The number of hydrogen-bond acceptors (Lipinski definition) is 4. The Morgan fingerprint density at radius 1 is 1.17 bits per heavy atom. The molecular formula is H6BNO4. The zero-order chi connectivity index (χ0) is 5.58. The second kappa shape index (κ2) is 8.85. The first-order valence-corrected chi connectivity index (χ1v) is 1.06. The maximum Gasteiger partial charge on any atom is 0.631 e. The Hall–Kier alpha value is -0.135. The average molecular weight is 94.9 g/mol. The summed E-state index contributed by atoms with van der Waals surface area (Å²) in [6.07, 6.45) is 0. The van der Waals surface area contributed by atoms with Crippen LogP contribution in [0.5, 0.6) is 0 Å². The molecule has 0 aromatic carbocycles. The summed E-state index contributed by atoms with van der Waals surface area (Å²) in [4.78, 5) is 0. The highest BCUT2D eigenvalue weighted by atomic mass is 16.5. The molecule has 0 saturated heterocycles. The molecule has 0 aromatic rings. The van der Waals surface area contributed by atoms with Crippen LogP contribution < -0.4 is 5.90 Å². The van der Waals surface area contributed by atoms with Gasteiger partial charge in [0, 0.05) is 0 Å². The molecule has 0 bridgehead atoms. The van der Waals surface area contributed by atoms with Crippen LogP contribution in [0.1, 0.15) is 0 Å². The fourth-order valence-corrected chi connectivity index (χ4v) is 0. The van der Waals surface area contributed by atoms with Gasteiger partial charge in [-0.3, -0.25) is 0 Å². The minimum Gasteiger partial charge on any atom is -0.637 e. The van der Waals surface area contributed by atoms with Gasteiger partial charge in [0.15, 0.2) is 0 Å². The molecule has 0 amide bonds. The lowest BCUT2D eigenvalue weighted by atomic mass is 10.3. The van der Waals surface area contributed by atoms with Crippen molar-refractivity contribution in [1.29, 1.82) is 0 Å². The first-order valence-electron chi connectivity index (χ1n) is 1.06. The van der Waals surface area contributed by atoms with Gasteiger partial charge in [-0.05, 0) is 0 Å². The molecular weight excluding hydrogens is 88.8 g/mol. The van der Waals surface area contributed by atoms with E-state index in [-0.39, 0.29) is 0 Å². The van der Waals surface area contributed by atoms with Crippen molar-refractivity contribution in [3.05, 3.63) is 5.21 Å². The van der Waals surface area contributed by atoms with Gasteiger partial charge in [-0.25, -0.2) is 0 Å². The third-order valence-electron chi connectivity index (χ3n) is 0. The molecule has 0 saturated carbocycles. The molecule has 5 nitrogen and oxygen atoms in total. The Balaban J connectivity index is 0. The zero-order valence-corrected chi connectivity index (χ0v) is 3.03. The Labute approximate surface area is 34.8 Å². The van der Waals surface area contributed by atoms with Gasteiger partial charge in [0.05, 0.1) is 0 Å². The van der Waals surface area contributed by atoms with Crippen LogP contribution in [0.15, 0.2) is 0 Å². The van der Waals surface area contributed by atoms with Gasteiger partial charge in [-0.15, -0.1) is 0 Å². The van der Waals surface area contributed by atoms with Crippen LogP contribution in [0.2, 0.25) is 0 Å². The van der Waals surface area contributed by atoms with Crippen LogP contribution in [-0.2, 0) is 0 Å². The Morgan fingerprint density at radius 2 is 1.17 bits per heavy atom. The lowest BCUT2D eigenvalue weighted by Gasteiger charge is -1.69. The Bertz CT molecular complexity index is 12.3. The van der Waals surface area contributed by atoms with Gasteiger partial charge >= 0.3 is 7.32 Å². The topological polar surface area (TPSA) is 111 Å². The molecule has 0 radical (unpaired) electrons. The average Bonchev–Trinajstić information content (AvgIpc) is 1.41. The highest BCUT2D eigenvalue weighted by molar-refractivity contribution is 6.30. The highest BCUT2D eigenvalue weighted by Gasteiger charge is 1.92. The monoisotopic (exact) mass is 95.0 g/mol. The van der Waals surface area contributed by atoms with E-state index in [1.165, 1.54) is 0 Å². The van der Waals surface area contributed by atoms with Gasteiger partial charge in [0.1, 0.15) is 0 Å².